The van der Waals surface area contributed by atoms with Gasteiger partial charge in [0, 0.05) is 49.4 Å². The quantitative estimate of drug-likeness (QED) is 0.159. The Morgan fingerprint density at radius 3 is 1.52 bits per heavy atom. The van der Waals surface area contributed by atoms with Crippen LogP contribution in [0.2, 0.25) is 0 Å². The molecule has 3 heterocycles. The van der Waals surface area contributed by atoms with Crippen LogP contribution < -0.4 is 0 Å². The molecule has 0 radical (unpaired) electrons. The molecule has 0 amide bonds. The van der Waals surface area contributed by atoms with Gasteiger partial charge in [0.2, 0.25) is 0 Å². The van der Waals surface area contributed by atoms with Gasteiger partial charge < -0.3 is 13.7 Å². The molecule has 1 aliphatic carbocycles. The van der Waals surface area contributed by atoms with Crippen LogP contribution in [0.3, 0.4) is 0 Å². The maximum Gasteiger partial charge on any atom is 0.0541 e. The predicted octanol–water partition coefficient (Wildman–Crippen LogP) is 16.3. The van der Waals surface area contributed by atoms with E-state index < -0.39 is 0 Å². The first-order valence-electron chi connectivity index (χ1n) is 22.4. The van der Waals surface area contributed by atoms with Gasteiger partial charge in [-0.3, -0.25) is 0 Å². The summed E-state index contributed by atoms with van der Waals surface area (Å²) in [5.41, 5.74) is 19.7. The topological polar surface area (TPSA) is 14.8 Å². The highest BCUT2D eigenvalue weighted by atomic mass is 15.0. The normalized spacial score (nSPS) is 13.1. The third kappa shape index (κ3) is 5.67. The molecule has 0 bridgehead atoms. The van der Waals surface area contributed by atoms with Crippen molar-refractivity contribution in [3.63, 3.8) is 0 Å². The van der Waals surface area contributed by atoms with Gasteiger partial charge in [0.15, 0.2) is 0 Å². The Bertz CT molecular complexity index is 3890. The number of aromatic nitrogens is 3. The third-order valence-electron chi connectivity index (χ3n) is 13.6. The van der Waals surface area contributed by atoms with Crippen LogP contribution in [0.5, 0.6) is 0 Å². The Kier molecular flexibility index (Phi) is 8.26. The van der Waals surface area contributed by atoms with E-state index in [2.05, 4.69) is 239 Å². The first kappa shape index (κ1) is 36.5. The molecular formula is C61H43N3. The lowest BCUT2D eigenvalue weighted by Gasteiger charge is -2.20. The predicted molar refractivity (Wildman–Crippen MR) is 272 cm³/mol. The maximum absolute atomic E-state index is 2.51. The number of nitrogens with zero attached hydrogens (tertiary/aromatic N) is 3. The fourth-order valence-electron chi connectivity index (χ4n) is 10.6. The van der Waals surface area contributed by atoms with Crippen LogP contribution in [-0.4, -0.2) is 13.7 Å². The van der Waals surface area contributed by atoms with Crippen LogP contribution in [0.1, 0.15) is 24.0 Å². The van der Waals surface area contributed by atoms with Crippen molar-refractivity contribution in [1.82, 2.24) is 13.7 Å². The second-order valence-electron chi connectivity index (χ2n) is 17.3. The lowest BCUT2D eigenvalue weighted by atomic mass is 9.93. The summed E-state index contributed by atoms with van der Waals surface area (Å²) in [6.45, 7) is 2.17. The van der Waals surface area contributed by atoms with Crippen LogP contribution >= 0.6 is 0 Å². The molecule has 0 spiro atoms. The molecule has 1 aliphatic rings. The van der Waals surface area contributed by atoms with Crippen LogP contribution in [0.15, 0.2) is 218 Å². The lowest BCUT2D eigenvalue weighted by molar-refractivity contribution is 1.04. The Labute approximate surface area is 371 Å². The van der Waals surface area contributed by atoms with E-state index in [9.17, 15) is 0 Å². The van der Waals surface area contributed by atoms with Gasteiger partial charge >= 0.3 is 0 Å². The summed E-state index contributed by atoms with van der Waals surface area (Å²) in [5.74, 6) is 0. The molecule has 13 rings (SSSR count). The molecule has 3 heteroatoms. The van der Waals surface area contributed by atoms with Crippen molar-refractivity contribution >= 4 is 76.7 Å². The SMILES string of the molecule is Cc1ccc2c(c1)c1ccccc1n2-c1cccc(-c2ccc3c(c2)c2ccccc2n3C2=C(c3ccc4c(c3)c3ccccc3n4-c3ccc(-c4ccccc4)cc3)CCC=C2)c1. The standard InChI is InChI=1S/C61H43N3/c1-40-26-33-59-52(36-40)49-19-6-11-24-57(49)63(59)47-17-13-16-43(37-47)44-29-34-61-53(38-44)51-21-8-12-25-58(51)64(61)55-22-9-5-18-48(55)45-30-35-60-54(39-45)50-20-7-10-23-56(50)62(60)46-31-27-42(28-32-46)41-14-3-2-4-15-41/h2-4,6-17,19-39H,5,18H2,1H3. The number of benzene rings is 9. The summed E-state index contributed by atoms with van der Waals surface area (Å²) >= 11 is 0. The molecule has 64 heavy (non-hydrogen) atoms. The summed E-state index contributed by atoms with van der Waals surface area (Å²) in [7, 11) is 0. The second-order valence-corrected chi connectivity index (χ2v) is 17.3. The summed E-state index contributed by atoms with van der Waals surface area (Å²) in [5, 5.41) is 7.62. The molecule has 302 valence electrons. The number of aryl methyl sites for hydroxylation is 1. The molecule has 0 fully saturated rings. The van der Waals surface area contributed by atoms with Gasteiger partial charge in [-0.2, -0.15) is 0 Å². The second kappa shape index (κ2) is 14.5. The minimum atomic E-state index is 0.970. The lowest BCUT2D eigenvalue weighted by Crippen LogP contribution is -2.02. The van der Waals surface area contributed by atoms with E-state index >= 15 is 0 Å². The average molecular weight is 818 g/mol. The highest BCUT2D eigenvalue weighted by molar-refractivity contribution is 6.15. The molecule has 0 N–H and O–H groups in total. The summed E-state index contributed by atoms with van der Waals surface area (Å²) in [4.78, 5) is 0. The smallest absolute Gasteiger partial charge is 0.0541 e. The molecule has 0 saturated heterocycles. The third-order valence-corrected chi connectivity index (χ3v) is 13.6. The van der Waals surface area contributed by atoms with Crippen molar-refractivity contribution in [2.45, 2.75) is 19.8 Å². The zero-order chi connectivity index (χ0) is 42.3. The minimum Gasteiger partial charge on any atom is -0.309 e. The van der Waals surface area contributed by atoms with Crippen molar-refractivity contribution in [2.24, 2.45) is 0 Å². The van der Waals surface area contributed by atoms with E-state index in [0.29, 0.717) is 0 Å². The number of hydrogen-bond donors (Lipinski definition) is 0. The van der Waals surface area contributed by atoms with Crippen molar-refractivity contribution in [3.05, 3.63) is 230 Å². The van der Waals surface area contributed by atoms with Crippen molar-refractivity contribution < 1.29 is 0 Å². The number of fused-ring (bicyclic) bond motifs is 9. The maximum atomic E-state index is 2.51. The van der Waals surface area contributed by atoms with Crippen LogP contribution in [-0.2, 0) is 0 Å². The highest BCUT2D eigenvalue weighted by Crippen LogP contribution is 2.42. The minimum absolute atomic E-state index is 0.970. The van der Waals surface area contributed by atoms with Gasteiger partial charge in [0.1, 0.15) is 0 Å². The number of allylic oxidation sites excluding steroid dienone is 4. The number of para-hydroxylation sites is 3. The zero-order valence-corrected chi connectivity index (χ0v) is 35.5. The summed E-state index contributed by atoms with van der Waals surface area (Å²) < 4.78 is 7.35. The molecule has 0 aliphatic heterocycles. The van der Waals surface area contributed by atoms with Gasteiger partial charge in [-0.25, -0.2) is 0 Å². The average Bonchev–Trinajstić information content (AvgIpc) is 3.99. The van der Waals surface area contributed by atoms with E-state index in [0.717, 1.165) is 18.5 Å². The molecular weight excluding hydrogens is 775 g/mol. The van der Waals surface area contributed by atoms with Gasteiger partial charge in [-0.15, -0.1) is 0 Å². The van der Waals surface area contributed by atoms with Crippen LogP contribution in [0.4, 0.5) is 0 Å². The van der Waals surface area contributed by atoms with Gasteiger partial charge in [0.25, 0.3) is 0 Å². The van der Waals surface area contributed by atoms with Crippen LogP contribution in [0, 0.1) is 6.92 Å². The monoisotopic (exact) mass is 817 g/mol. The van der Waals surface area contributed by atoms with Crippen LogP contribution in [0.25, 0.3) is 110 Å². The molecule has 9 aromatic carbocycles. The Hall–Kier alpha value is -8.14. The Morgan fingerprint density at radius 2 is 0.812 bits per heavy atom. The molecule has 3 aromatic heterocycles. The highest BCUT2D eigenvalue weighted by Gasteiger charge is 2.21. The number of hydrogen-bond acceptors (Lipinski definition) is 0. The molecule has 0 unspecified atom stereocenters. The Morgan fingerprint density at radius 1 is 0.328 bits per heavy atom. The van der Waals surface area contributed by atoms with E-state index in [1.165, 1.54) is 116 Å². The summed E-state index contributed by atoms with van der Waals surface area (Å²) in [6.07, 6.45) is 6.68. The van der Waals surface area contributed by atoms with E-state index in [-0.39, 0.29) is 0 Å². The molecule has 3 nitrogen and oxygen atoms in total. The first-order chi connectivity index (χ1) is 31.7. The van der Waals surface area contributed by atoms with Crippen molar-refractivity contribution in [3.8, 4) is 33.6 Å². The first-order valence-corrected chi connectivity index (χ1v) is 22.4. The zero-order valence-electron chi connectivity index (χ0n) is 35.5. The summed E-state index contributed by atoms with van der Waals surface area (Å²) in [6, 6.07) is 76.2. The number of rotatable bonds is 6. The van der Waals surface area contributed by atoms with E-state index in [4.69, 9.17) is 0 Å². The fourth-order valence-corrected chi connectivity index (χ4v) is 10.6. The van der Waals surface area contributed by atoms with Crippen molar-refractivity contribution in [2.75, 3.05) is 0 Å². The van der Waals surface area contributed by atoms with E-state index in [1.54, 1.807) is 0 Å². The van der Waals surface area contributed by atoms with E-state index in [1.807, 2.05) is 0 Å². The van der Waals surface area contributed by atoms with Gasteiger partial charge in [-0.1, -0.05) is 139 Å². The molecule has 0 saturated carbocycles. The molecule has 0 atom stereocenters. The fraction of sp³-hybridized carbons (Fsp3) is 0.0492. The van der Waals surface area contributed by atoms with Crippen molar-refractivity contribution in [1.29, 1.82) is 0 Å². The largest absolute Gasteiger partial charge is 0.309 e. The van der Waals surface area contributed by atoms with Gasteiger partial charge in [0.05, 0.1) is 33.1 Å². The Balaban J connectivity index is 0.937. The van der Waals surface area contributed by atoms with Gasteiger partial charge in [-0.05, 0) is 138 Å². The molecule has 12 aromatic rings.